The molecule has 0 amide bonds. The highest BCUT2D eigenvalue weighted by Crippen LogP contribution is 2.30. The van der Waals surface area contributed by atoms with Crippen LogP contribution in [-0.2, 0) is 6.42 Å². The van der Waals surface area contributed by atoms with E-state index in [0.717, 1.165) is 44.1 Å². The standard InChI is InChI=1S/C17H27NO2/c1-17(2,3)18-10-5-4-7-14-8-9-15-16(13-14)20-12-6-11-19-15/h8-9,13,18H,4-7,10-12H2,1-3H3. The maximum absolute atomic E-state index is 5.72. The number of benzene rings is 1. The van der Waals surface area contributed by atoms with Crippen molar-refractivity contribution < 1.29 is 9.47 Å². The summed E-state index contributed by atoms with van der Waals surface area (Å²) in [6.07, 6.45) is 4.46. The van der Waals surface area contributed by atoms with E-state index in [2.05, 4.69) is 38.2 Å². The Hall–Kier alpha value is -1.22. The first kappa shape index (κ1) is 15.2. The van der Waals surface area contributed by atoms with E-state index in [1.54, 1.807) is 0 Å². The van der Waals surface area contributed by atoms with E-state index < -0.39 is 0 Å². The summed E-state index contributed by atoms with van der Waals surface area (Å²) in [5, 5.41) is 3.52. The number of rotatable bonds is 5. The zero-order valence-electron chi connectivity index (χ0n) is 13.0. The zero-order chi connectivity index (χ0) is 14.4. The van der Waals surface area contributed by atoms with Gasteiger partial charge in [0.15, 0.2) is 11.5 Å². The van der Waals surface area contributed by atoms with Crippen molar-refractivity contribution in [2.45, 2.75) is 52.0 Å². The van der Waals surface area contributed by atoms with Crippen molar-refractivity contribution in [3.8, 4) is 11.5 Å². The van der Waals surface area contributed by atoms with E-state index in [1.807, 2.05) is 6.07 Å². The first-order valence-electron chi connectivity index (χ1n) is 7.68. The van der Waals surface area contributed by atoms with Crippen LogP contribution in [0.5, 0.6) is 11.5 Å². The Morgan fingerprint density at radius 3 is 2.55 bits per heavy atom. The van der Waals surface area contributed by atoms with Gasteiger partial charge in [-0.25, -0.2) is 0 Å². The van der Waals surface area contributed by atoms with Crippen LogP contribution >= 0.6 is 0 Å². The van der Waals surface area contributed by atoms with Gasteiger partial charge in [0.05, 0.1) is 13.2 Å². The van der Waals surface area contributed by atoms with E-state index in [0.29, 0.717) is 0 Å². The van der Waals surface area contributed by atoms with Gasteiger partial charge in [0.1, 0.15) is 0 Å². The maximum atomic E-state index is 5.72. The van der Waals surface area contributed by atoms with Crippen molar-refractivity contribution in [1.82, 2.24) is 5.32 Å². The first-order chi connectivity index (χ1) is 9.54. The molecule has 0 spiro atoms. The summed E-state index contributed by atoms with van der Waals surface area (Å²) >= 11 is 0. The molecule has 0 radical (unpaired) electrons. The maximum Gasteiger partial charge on any atom is 0.161 e. The van der Waals surface area contributed by atoms with Crippen LogP contribution in [0.25, 0.3) is 0 Å². The summed E-state index contributed by atoms with van der Waals surface area (Å²) in [6.45, 7) is 9.20. The SMILES string of the molecule is CC(C)(C)NCCCCc1ccc2c(c1)OCCCO2. The summed E-state index contributed by atoms with van der Waals surface area (Å²) in [4.78, 5) is 0. The molecule has 1 aliphatic rings. The molecule has 1 aromatic rings. The summed E-state index contributed by atoms with van der Waals surface area (Å²) in [6, 6.07) is 6.34. The quantitative estimate of drug-likeness (QED) is 0.835. The number of ether oxygens (including phenoxy) is 2. The molecule has 3 nitrogen and oxygen atoms in total. The number of hydrogen-bond donors (Lipinski definition) is 1. The van der Waals surface area contributed by atoms with Gasteiger partial charge in [-0.3, -0.25) is 0 Å². The lowest BCUT2D eigenvalue weighted by atomic mass is 10.1. The van der Waals surface area contributed by atoms with Gasteiger partial charge in [0.25, 0.3) is 0 Å². The number of aryl methyl sites for hydroxylation is 1. The molecule has 0 bridgehead atoms. The topological polar surface area (TPSA) is 30.5 Å². The van der Waals surface area contributed by atoms with Crippen LogP contribution in [0.15, 0.2) is 18.2 Å². The van der Waals surface area contributed by atoms with Gasteiger partial charge in [0, 0.05) is 12.0 Å². The summed E-state index contributed by atoms with van der Waals surface area (Å²) in [5.74, 6) is 1.80. The van der Waals surface area contributed by atoms with E-state index in [1.165, 1.54) is 18.4 Å². The van der Waals surface area contributed by atoms with Crippen LogP contribution in [0, 0.1) is 0 Å². The van der Waals surface area contributed by atoms with E-state index in [9.17, 15) is 0 Å². The molecule has 2 rings (SSSR count). The van der Waals surface area contributed by atoms with Gasteiger partial charge in [-0.15, -0.1) is 0 Å². The van der Waals surface area contributed by atoms with Crippen LogP contribution in [-0.4, -0.2) is 25.3 Å². The van der Waals surface area contributed by atoms with Gasteiger partial charge >= 0.3 is 0 Å². The Bertz CT molecular complexity index is 423. The second-order valence-corrected chi connectivity index (χ2v) is 6.47. The summed E-state index contributed by atoms with van der Waals surface area (Å²) < 4.78 is 11.4. The lowest BCUT2D eigenvalue weighted by Gasteiger charge is -2.20. The fourth-order valence-electron chi connectivity index (χ4n) is 2.28. The molecule has 0 saturated heterocycles. The molecule has 1 N–H and O–H groups in total. The largest absolute Gasteiger partial charge is 0.490 e. The Balaban J connectivity index is 1.77. The Labute approximate surface area is 122 Å². The molecule has 0 unspecified atom stereocenters. The molecule has 3 heteroatoms. The number of nitrogens with one attached hydrogen (secondary N) is 1. The lowest BCUT2D eigenvalue weighted by Crippen LogP contribution is -2.36. The molecule has 0 fully saturated rings. The minimum atomic E-state index is 0.218. The molecule has 0 aliphatic carbocycles. The number of fused-ring (bicyclic) bond motifs is 1. The minimum absolute atomic E-state index is 0.218. The average Bonchev–Trinajstić information content (AvgIpc) is 2.61. The average molecular weight is 277 g/mol. The van der Waals surface area contributed by atoms with Crippen molar-refractivity contribution in [2.75, 3.05) is 19.8 Å². The van der Waals surface area contributed by atoms with Crippen molar-refractivity contribution in [1.29, 1.82) is 0 Å². The molecule has 0 aromatic heterocycles. The van der Waals surface area contributed by atoms with Crippen molar-refractivity contribution in [3.05, 3.63) is 23.8 Å². The zero-order valence-corrected chi connectivity index (χ0v) is 13.0. The van der Waals surface area contributed by atoms with Crippen molar-refractivity contribution in [3.63, 3.8) is 0 Å². The molecule has 1 aromatic carbocycles. The third kappa shape index (κ3) is 5.04. The van der Waals surface area contributed by atoms with E-state index in [4.69, 9.17) is 9.47 Å². The summed E-state index contributed by atoms with van der Waals surface area (Å²) in [7, 11) is 0. The van der Waals surface area contributed by atoms with Crippen molar-refractivity contribution in [2.24, 2.45) is 0 Å². The summed E-state index contributed by atoms with van der Waals surface area (Å²) in [5.41, 5.74) is 1.56. The fourth-order valence-corrected chi connectivity index (χ4v) is 2.28. The van der Waals surface area contributed by atoms with Gasteiger partial charge in [-0.1, -0.05) is 6.07 Å². The highest BCUT2D eigenvalue weighted by atomic mass is 16.5. The molecule has 20 heavy (non-hydrogen) atoms. The number of unbranched alkanes of at least 4 members (excludes halogenated alkanes) is 1. The van der Waals surface area contributed by atoms with Gasteiger partial charge in [-0.2, -0.15) is 0 Å². The molecular formula is C17H27NO2. The third-order valence-corrected chi connectivity index (χ3v) is 3.36. The predicted molar refractivity (Wildman–Crippen MR) is 82.7 cm³/mol. The highest BCUT2D eigenvalue weighted by Gasteiger charge is 2.11. The molecular weight excluding hydrogens is 250 g/mol. The molecule has 1 aliphatic heterocycles. The Morgan fingerprint density at radius 2 is 1.80 bits per heavy atom. The van der Waals surface area contributed by atoms with Crippen molar-refractivity contribution >= 4 is 0 Å². The molecule has 112 valence electrons. The van der Waals surface area contributed by atoms with Crippen LogP contribution in [0.3, 0.4) is 0 Å². The van der Waals surface area contributed by atoms with E-state index in [-0.39, 0.29) is 5.54 Å². The Kier molecular flexibility index (Phi) is 5.30. The van der Waals surface area contributed by atoms with E-state index >= 15 is 0 Å². The molecule has 0 atom stereocenters. The van der Waals surface area contributed by atoms with Crippen LogP contribution in [0.4, 0.5) is 0 Å². The normalized spacial score (nSPS) is 14.9. The second kappa shape index (κ2) is 6.98. The number of hydrogen-bond acceptors (Lipinski definition) is 3. The Morgan fingerprint density at radius 1 is 1.05 bits per heavy atom. The van der Waals surface area contributed by atoms with Crippen LogP contribution < -0.4 is 14.8 Å². The fraction of sp³-hybridized carbons (Fsp3) is 0.647. The molecule has 1 heterocycles. The van der Waals surface area contributed by atoms with Crippen LogP contribution in [0.1, 0.15) is 45.6 Å². The van der Waals surface area contributed by atoms with Gasteiger partial charge < -0.3 is 14.8 Å². The first-order valence-corrected chi connectivity index (χ1v) is 7.68. The van der Waals surface area contributed by atoms with Crippen LogP contribution in [0.2, 0.25) is 0 Å². The van der Waals surface area contributed by atoms with Gasteiger partial charge in [0.2, 0.25) is 0 Å². The molecule has 0 saturated carbocycles. The minimum Gasteiger partial charge on any atom is -0.490 e. The third-order valence-electron chi connectivity index (χ3n) is 3.36. The monoisotopic (exact) mass is 277 g/mol. The second-order valence-electron chi connectivity index (χ2n) is 6.47. The lowest BCUT2D eigenvalue weighted by molar-refractivity contribution is 0.297. The predicted octanol–water partition coefficient (Wildman–Crippen LogP) is 3.56. The smallest absolute Gasteiger partial charge is 0.161 e. The highest BCUT2D eigenvalue weighted by molar-refractivity contribution is 5.43. The van der Waals surface area contributed by atoms with Gasteiger partial charge in [-0.05, 0) is 64.3 Å².